The van der Waals surface area contributed by atoms with Crippen LogP contribution in [0.15, 0.2) is 17.5 Å². The summed E-state index contributed by atoms with van der Waals surface area (Å²) in [6, 6.07) is 3.63. The summed E-state index contributed by atoms with van der Waals surface area (Å²) in [5, 5.41) is 1.87. The fraction of sp³-hybridized carbons (Fsp3) is 0.647. The van der Waals surface area contributed by atoms with Gasteiger partial charge in [-0.05, 0) is 51.5 Å². The lowest BCUT2D eigenvalue weighted by Gasteiger charge is -2.36. The number of hydrogen-bond acceptors (Lipinski definition) is 5. The molecule has 0 saturated carbocycles. The number of hydrogen-bond donors (Lipinski definition) is 0. The van der Waals surface area contributed by atoms with Crippen molar-refractivity contribution >= 4 is 23.2 Å². The number of thiophene rings is 1. The highest BCUT2D eigenvalue weighted by atomic mass is 32.1. The van der Waals surface area contributed by atoms with Crippen molar-refractivity contribution in [2.45, 2.75) is 51.7 Å². The minimum atomic E-state index is -0.505. The van der Waals surface area contributed by atoms with Gasteiger partial charge in [0.15, 0.2) is 5.78 Å². The number of ether oxygens (including phenoxy) is 2. The normalized spacial score (nSPS) is 18.7. The molecule has 23 heavy (non-hydrogen) atoms. The molecule has 1 fully saturated rings. The molecule has 0 radical (unpaired) electrons. The van der Waals surface area contributed by atoms with Crippen molar-refractivity contribution < 1.29 is 19.1 Å². The molecule has 1 amide bonds. The number of amides is 1. The highest BCUT2D eigenvalue weighted by molar-refractivity contribution is 7.12. The van der Waals surface area contributed by atoms with Crippen LogP contribution in [0.3, 0.4) is 0 Å². The average Bonchev–Trinajstić information content (AvgIpc) is 3.00. The van der Waals surface area contributed by atoms with Crippen LogP contribution in [0, 0.1) is 0 Å². The molecule has 1 aromatic rings. The Hall–Kier alpha value is -1.40. The van der Waals surface area contributed by atoms with E-state index in [-0.39, 0.29) is 24.5 Å². The summed E-state index contributed by atoms with van der Waals surface area (Å²) >= 11 is 1.41. The van der Waals surface area contributed by atoms with E-state index >= 15 is 0 Å². The minimum Gasteiger partial charge on any atom is -0.444 e. The summed E-state index contributed by atoms with van der Waals surface area (Å²) < 4.78 is 11.0. The molecule has 0 N–H and O–H groups in total. The molecule has 0 unspecified atom stereocenters. The third kappa shape index (κ3) is 5.62. The van der Waals surface area contributed by atoms with Crippen LogP contribution in [-0.2, 0) is 9.47 Å². The first-order valence-corrected chi connectivity index (χ1v) is 8.89. The van der Waals surface area contributed by atoms with Crippen molar-refractivity contribution in [1.29, 1.82) is 0 Å². The third-order valence-corrected chi connectivity index (χ3v) is 4.51. The second-order valence-corrected chi connectivity index (χ2v) is 7.69. The first-order valence-electron chi connectivity index (χ1n) is 8.01. The van der Waals surface area contributed by atoms with Crippen LogP contribution >= 0.6 is 11.3 Å². The van der Waals surface area contributed by atoms with Crippen molar-refractivity contribution in [3.05, 3.63) is 22.4 Å². The second-order valence-electron chi connectivity index (χ2n) is 6.74. The molecule has 1 atom stereocenters. The predicted molar refractivity (Wildman–Crippen MR) is 90.0 cm³/mol. The van der Waals surface area contributed by atoms with Crippen LogP contribution in [0.4, 0.5) is 4.79 Å². The van der Waals surface area contributed by atoms with Crippen LogP contribution in [0.25, 0.3) is 0 Å². The van der Waals surface area contributed by atoms with Gasteiger partial charge in [0.1, 0.15) is 12.2 Å². The molecular weight excluding hydrogens is 314 g/mol. The Kier molecular flexibility index (Phi) is 6.18. The number of ketones is 1. The highest BCUT2D eigenvalue weighted by Crippen LogP contribution is 2.21. The monoisotopic (exact) mass is 339 g/mol. The van der Waals surface area contributed by atoms with Crippen molar-refractivity contribution in [3.63, 3.8) is 0 Å². The van der Waals surface area contributed by atoms with E-state index in [9.17, 15) is 9.59 Å². The number of rotatable bonds is 5. The first-order chi connectivity index (χ1) is 10.9. The Morgan fingerprint density at radius 3 is 2.78 bits per heavy atom. The minimum absolute atomic E-state index is 0.0142. The molecular formula is C17H25NO4S. The standard InChI is InChI=1S/C17H25NO4S/c1-17(2,3)22-16(20)18-9-5-4-7-13(18)11-21-12-14(19)15-8-6-10-23-15/h6,8,10,13H,4-5,7,9,11-12H2,1-3H3/t13-/m1/s1. The topological polar surface area (TPSA) is 55.8 Å². The fourth-order valence-electron chi connectivity index (χ4n) is 2.53. The number of likely N-dealkylation sites (tertiary alicyclic amines) is 1. The van der Waals surface area contributed by atoms with Gasteiger partial charge in [-0.3, -0.25) is 4.79 Å². The van der Waals surface area contributed by atoms with E-state index in [4.69, 9.17) is 9.47 Å². The molecule has 2 rings (SSSR count). The Morgan fingerprint density at radius 2 is 2.13 bits per heavy atom. The smallest absolute Gasteiger partial charge is 0.410 e. The van der Waals surface area contributed by atoms with E-state index in [0.717, 1.165) is 19.3 Å². The van der Waals surface area contributed by atoms with Gasteiger partial charge in [-0.2, -0.15) is 0 Å². The van der Waals surface area contributed by atoms with E-state index in [1.807, 2.05) is 32.2 Å². The van der Waals surface area contributed by atoms with Crippen LogP contribution in [0.1, 0.15) is 49.7 Å². The number of carbonyl (C=O) groups excluding carboxylic acids is 2. The number of nitrogens with zero attached hydrogens (tertiary/aromatic N) is 1. The molecule has 1 aliphatic heterocycles. The maximum absolute atomic E-state index is 12.3. The largest absolute Gasteiger partial charge is 0.444 e. The fourth-order valence-corrected chi connectivity index (χ4v) is 3.18. The summed E-state index contributed by atoms with van der Waals surface area (Å²) in [6.45, 7) is 6.69. The Balaban J connectivity index is 1.84. The van der Waals surface area contributed by atoms with Crippen LogP contribution in [-0.4, -0.2) is 48.2 Å². The van der Waals surface area contributed by atoms with Crippen molar-refractivity contribution in [2.24, 2.45) is 0 Å². The third-order valence-electron chi connectivity index (χ3n) is 3.59. The van der Waals surface area contributed by atoms with Gasteiger partial charge in [0.2, 0.25) is 0 Å². The average molecular weight is 339 g/mol. The molecule has 0 spiro atoms. The van der Waals surface area contributed by atoms with E-state index in [1.165, 1.54) is 11.3 Å². The molecule has 5 nitrogen and oxygen atoms in total. The van der Waals surface area contributed by atoms with Crippen molar-refractivity contribution in [3.8, 4) is 0 Å². The Labute approximate surface area is 141 Å². The SMILES string of the molecule is CC(C)(C)OC(=O)N1CCCC[C@@H]1COCC(=O)c1cccs1. The molecule has 0 aliphatic carbocycles. The van der Waals surface area contributed by atoms with Gasteiger partial charge in [0.05, 0.1) is 17.5 Å². The van der Waals surface area contributed by atoms with E-state index in [1.54, 1.807) is 11.0 Å². The zero-order chi connectivity index (χ0) is 16.9. The van der Waals surface area contributed by atoms with E-state index < -0.39 is 5.60 Å². The maximum atomic E-state index is 12.3. The van der Waals surface area contributed by atoms with E-state index in [2.05, 4.69) is 0 Å². The van der Waals surface area contributed by atoms with Gasteiger partial charge in [0.25, 0.3) is 0 Å². The second kappa shape index (κ2) is 7.93. The van der Waals surface area contributed by atoms with Gasteiger partial charge < -0.3 is 14.4 Å². The summed E-state index contributed by atoms with van der Waals surface area (Å²) in [5.74, 6) is -0.0142. The number of carbonyl (C=O) groups is 2. The quantitative estimate of drug-likeness (QED) is 0.767. The molecule has 0 aromatic carbocycles. The maximum Gasteiger partial charge on any atom is 0.410 e. The van der Waals surface area contributed by atoms with Crippen LogP contribution in [0.5, 0.6) is 0 Å². The molecule has 2 heterocycles. The molecule has 1 aromatic heterocycles. The van der Waals surface area contributed by atoms with Crippen molar-refractivity contribution in [2.75, 3.05) is 19.8 Å². The predicted octanol–water partition coefficient (Wildman–Crippen LogP) is 3.74. The number of Topliss-reactive ketones (excluding diaryl/α,β-unsaturated/α-hetero) is 1. The molecule has 0 bridgehead atoms. The van der Waals surface area contributed by atoms with Crippen molar-refractivity contribution in [1.82, 2.24) is 4.90 Å². The summed E-state index contributed by atoms with van der Waals surface area (Å²) in [6.07, 6.45) is 2.62. The molecule has 1 saturated heterocycles. The van der Waals surface area contributed by atoms with Gasteiger partial charge in [0, 0.05) is 6.54 Å². The molecule has 6 heteroatoms. The summed E-state index contributed by atoms with van der Waals surface area (Å²) in [4.78, 5) is 26.7. The zero-order valence-corrected chi connectivity index (χ0v) is 14.9. The van der Waals surface area contributed by atoms with Crippen LogP contribution < -0.4 is 0 Å². The summed E-state index contributed by atoms with van der Waals surface area (Å²) in [5.41, 5.74) is -0.505. The summed E-state index contributed by atoms with van der Waals surface area (Å²) in [7, 11) is 0. The van der Waals surface area contributed by atoms with Gasteiger partial charge in [-0.1, -0.05) is 6.07 Å². The van der Waals surface area contributed by atoms with E-state index in [0.29, 0.717) is 18.0 Å². The lowest BCUT2D eigenvalue weighted by molar-refractivity contribution is -0.00619. The molecule has 1 aliphatic rings. The molecule has 128 valence electrons. The lowest BCUT2D eigenvalue weighted by Crippen LogP contribution is -2.48. The van der Waals surface area contributed by atoms with Gasteiger partial charge in [-0.25, -0.2) is 4.79 Å². The Bertz CT molecular complexity index is 521. The lowest BCUT2D eigenvalue weighted by atomic mass is 10.0. The first kappa shape index (κ1) is 17.9. The zero-order valence-electron chi connectivity index (χ0n) is 14.0. The van der Waals surface area contributed by atoms with Gasteiger partial charge >= 0.3 is 6.09 Å². The van der Waals surface area contributed by atoms with Crippen LogP contribution in [0.2, 0.25) is 0 Å². The Morgan fingerprint density at radius 1 is 1.35 bits per heavy atom. The highest BCUT2D eigenvalue weighted by Gasteiger charge is 2.30. The van der Waals surface area contributed by atoms with Gasteiger partial charge in [-0.15, -0.1) is 11.3 Å². The number of piperidine rings is 1.